The number of aryl methyl sites for hydroxylation is 1. The minimum Gasteiger partial charge on any atom is -0.383 e. The molecule has 0 aromatic heterocycles. The Morgan fingerprint density at radius 2 is 2.00 bits per heavy atom. The Morgan fingerprint density at radius 1 is 1.27 bits per heavy atom. The van der Waals surface area contributed by atoms with Gasteiger partial charge < -0.3 is 10.1 Å². The molecule has 1 fully saturated rings. The fraction of sp³-hybridized carbons (Fsp3) is 0.538. The number of hydrogen-bond donors (Lipinski definition) is 1. The second-order valence-electron chi connectivity index (χ2n) is 4.36. The first kappa shape index (κ1) is 10.7. The molecule has 2 heteroatoms. The maximum absolute atomic E-state index is 5.17. The van der Waals surface area contributed by atoms with Crippen molar-refractivity contribution in [3.63, 3.8) is 0 Å². The molecule has 0 spiro atoms. The number of ether oxygens (including phenoxy) is 1. The van der Waals surface area contributed by atoms with Crippen molar-refractivity contribution in [2.45, 2.75) is 31.8 Å². The highest BCUT2D eigenvalue weighted by molar-refractivity contribution is 5.24. The molecule has 0 amide bonds. The fourth-order valence-corrected chi connectivity index (χ4v) is 2.21. The van der Waals surface area contributed by atoms with Crippen LogP contribution in [0.15, 0.2) is 24.3 Å². The van der Waals surface area contributed by atoms with E-state index in [0.717, 1.165) is 6.61 Å². The number of nitrogens with one attached hydrogen (secondary N) is 1. The van der Waals surface area contributed by atoms with E-state index >= 15 is 0 Å². The van der Waals surface area contributed by atoms with Gasteiger partial charge in [-0.25, -0.2) is 0 Å². The van der Waals surface area contributed by atoms with Gasteiger partial charge in [-0.3, -0.25) is 0 Å². The minimum absolute atomic E-state index is 0.519. The van der Waals surface area contributed by atoms with Crippen LogP contribution in [0.1, 0.15) is 30.0 Å². The Labute approximate surface area is 91.6 Å². The Kier molecular flexibility index (Phi) is 3.39. The first-order valence-corrected chi connectivity index (χ1v) is 5.61. The predicted octanol–water partition coefficient (Wildman–Crippen LogP) is 2.43. The molecule has 1 saturated heterocycles. The second-order valence-corrected chi connectivity index (χ2v) is 4.36. The molecule has 1 N–H and O–H groups in total. The SMILES string of the molecule is COCC1CCC(c2ccc(C)cc2)N1. The first-order chi connectivity index (χ1) is 7.29. The van der Waals surface area contributed by atoms with Crippen molar-refractivity contribution >= 4 is 0 Å². The molecule has 2 unspecified atom stereocenters. The lowest BCUT2D eigenvalue weighted by Gasteiger charge is -2.14. The minimum atomic E-state index is 0.519. The van der Waals surface area contributed by atoms with Crippen LogP contribution < -0.4 is 5.32 Å². The third-order valence-corrected chi connectivity index (χ3v) is 3.09. The summed E-state index contributed by atoms with van der Waals surface area (Å²) in [5.41, 5.74) is 2.73. The van der Waals surface area contributed by atoms with Gasteiger partial charge in [-0.15, -0.1) is 0 Å². The lowest BCUT2D eigenvalue weighted by Crippen LogP contribution is -2.28. The molecule has 2 nitrogen and oxygen atoms in total. The van der Waals surface area contributed by atoms with Crippen molar-refractivity contribution in [3.05, 3.63) is 35.4 Å². The standard InChI is InChI=1S/C13H19NO/c1-10-3-5-11(6-4-10)13-8-7-12(14-13)9-15-2/h3-6,12-14H,7-9H2,1-2H3. The second kappa shape index (κ2) is 4.77. The van der Waals surface area contributed by atoms with E-state index in [1.807, 2.05) is 0 Å². The summed E-state index contributed by atoms with van der Waals surface area (Å²) in [4.78, 5) is 0. The Bertz CT molecular complexity index is 307. The molecule has 0 aliphatic carbocycles. The normalized spacial score (nSPS) is 25.7. The van der Waals surface area contributed by atoms with Gasteiger partial charge in [-0.1, -0.05) is 29.8 Å². The van der Waals surface area contributed by atoms with E-state index in [1.54, 1.807) is 7.11 Å². The van der Waals surface area contributed by atoms with Crippen LogP contribution >= 0.6 is 0 Å². The molecule has 1 aromatic rings. The predicted molar refractivity (Wildman–Crippen MR) is 62.0 cm³/mol. The Hall–Kier alpha value is -0.860. The summed E-state index contributed by atoms with van der Waals surface area (Å²) in [5, 5.41) is 3.60. The topological polar surface area (TPSA) is 21.3 Å². The Balaban J connectivity index is 1.98. The summed E-state index contributed by atoms with van der Waals surface area (Å²) in [7, 11) is 1.76. The van der Waals surface area contributed by atoms with Crippen molar-refractivity contribution in [1.82, 2.24) is 5.32 Å². The lowest BCUT2D eigenvalue weighted by molar-refractivity contribution is 0.172. The summed E-state index contributed by atoms with van der Waals surface area (Å²) in [6.07, 6.45) is 2.43. The molecule has 0 saturated carbocycles. The molecule has 15 heavy (non-hydrogen) atoms. The largest absolute Gasteiger partial charge is 0.383 e. The molecule has 2 rings (SSSR count). The average Bonchev–Trinajstić information content (AvgIpc) is 2.68. The van der Waals surface area contributed by atoms with Crippen LogP contribution in [0.5, 0.6) is 0 Å². The third kappa shape index (κ3) is 2.58. The zero-order valence-corrected chi connectivity index (χ0v) is 9.49. The molecular formula is C13H19NO. The van der Waals surface area contributed by atoms with Gasteiger partial charge >= 0.3 is 0 Å². The molecule has 0 radical (unpaired) electrons. The highest BCUT2D eigenvalue weighted by Gasteiger charge is 2.24. The lowest BCUT2D eigenvalue weighted by atomic mass is 10.0. The van der Waals surface area contributed by atoms with E-state index in [-0.39, 0.29) is 0 Å². The van der Waals surface area contributed by atoms with E-state index < -0.39 is 0 Å². The summed E-state index contributed by atoms with van der Waals surface area (Å²) < 4.78 is 5.17. The van der Waals surface area contributed by atoms with Gasteiger partial charge in [0.05, 0.1) is 6.61 Å². The monoisotopic (exact) mass is 205 g/mol. The van der Waals surface area contributed by atoms with Gasteiger partial charge in [0, 0.05) is 19.2 Å². The van der Waals surface area contributed by atoms with Crippen LogP contribution in [0, 0.1) is 6.92 Å². The van der Waals surface area contributed by atoms with E-state index in [2.05, 4.69) is 36.5 Å². The van der Waals surface area contributed by atoms with Crippen LogP contribution in [0.3, 0.4) is 0 Å². The van der Waals surface area contributed by atoms with Gasteiger partial charge in [0.15, 0.2) is 0 Å². The van der Waals surface area contributed by atoms with E-state index in [4.69, 9.17) is 4.74 Å². The van der Waals surface area contributed by atoms with Crippen molar-refractivity contribution in [1.29, 1.82) is 0 Å². The third-order valence-electron chi connectivity index (χ3n) is 3.09. The van der Waals surface area contributed by atoms with Gasteiger partial charge in [0.2, 0.25) is 0 Å². The number of hydrogen-bond acceptors (Lipinski definition) is 2. The molecule has 1 aromatic carbocycles. The highest BCUT2D eigenvalue weighted by atomic mass is 16.5. The van der Waals surface area contributed by atoms with Crippen LogP contribution in [-0.2, 0) is 4.74 Å². The van der Waals surface area contributed by atoms with Gasteiger partial charge in [0.1, 0.15) is 0 Å². The quantitative estimate of drug-likeness (QED) is 0.818. The molecule has 1 aliphatic heterocycles. The Morgan fingerprint density at radius 3 is 2.67 bits per heavy atom. The molecule has 0 bridgehead atoms. The smallest absolute Gasteiger partial charge is 0.0616 e. The maximum Gasteiger partial charge on any atom is 0.0616 e. The van der Waals surface area contributed by atoms with Crippen LogP contribution in [0.2, 0.25) is 0 Å². The zero-order valence-electron chi connectivity index (χ0n) is 9.49. The summed E-state index contributed by atoms with van der Waals surface area (Å²) >= 11 is 0. The van der Waals surface area contributed by atoms with Crippen LogP contribution in [-0.4, -0.2) is 19.8 Å². The molecular weight excluding hydrogens is 186 g/mol. The van der Waals surface area contributed by atoms with Crippen LogP contribution in [0.25, 0.3) is 0 Å². The van der Waals surface area contributed by atoms with E-state index in [9.17, 15) is 0 Å². The van der Waals surface area contributed by atoms with E-state index in [1.165, 1.54) is 24.0 Å². The first-order valence-electron chi connectivity index (χ1n) is 5.61. The average molecular weight is 205 g/mol. The van der Waals surface area contributed by atoms with Crippen molar-refractivity contribution in [3.8, 4) is 0 Å². The number of benzene rings is 1. The van der Waals surface area contributed by atoms with Crippen LogP contribution in [0.4, 0.5) is 0 Å². The van der Waals surface area contributed by atoms with Gasteiger partial charge in [0.25, 0.3) is 0 Å². The highest BCUT2D eigenvalue weighted by Crippen LogP contribution is 2.26. The van der Waals surface area contributed by atoms with Crippen molar-refractivity contribution in [2.24, 2.45) is 0 Å². The maximum atomic E-state index is 5.17. The van der Waals surface area contributed by atoms with Gasteiger partial charge in [-0.05, 0) is 25.3 Å². The number of rotatable bonds is 3. The van der Waals surface area contributed by atoms with E-state index in [0.29, 0.717) is 12.1 Å². The number of methoxy groups -OCH3 is 1. The molecule has 2 atom stereocenters. The summed E-state index contributed by atoms with van der Waals surface area (Å²) in [6, 6.07) is 9.86. The molecule has 1 aliphatic rings. The molecule has 1 heterocycles. The summed E-state index contributed by atoms with van der Waals surface area (Å²) in [6.45, 7) is 2.95. The molecule has 82 valence electrons. The van der Waals surface area contributed by atoms with Crippen molar-refractivity contribution < 1.29 is 4.74 Å². The van der Waals surface area contributed by atoms with Gasteiger partial charge in [-0.2, -0.15) is 0 Å². The zero-order chi connectivity index (χ0) is 10.7. The summed E-state index contributed by atoms with van der Waals surface area (Å²) in [5.74, 6) is 0. The van der Waals surface area contributed by atoms with Crippen molar-refractivity contribution in [2.75, 3.05) is 13.7 Å². The fourth-order valence-electron chi connectivity index (χ4n) is 2.21.